The summed E-state index contributed by atoms with van der Waals surface area (Å²) in [4.78, 5) is 7.93. The standard InChI is InChI=1S/C22H30FN7.HI/c1-15-28-29-21(30(15)2)14-26-22(27-18-6-4-3-5-7-18)24-11-10-16-13-25-20-12-17(23)8-9-19(16)20;/h8-9,12-13,18,25H,3-7,10-11,14H2,1-2H3,(H2,24,26,27);1H. The molecular weight excluding hydrogens is 508 g/mol. The summed E-state index contributed by atoms with van der Waals surface area (Å²) in [7, 11) is 1.96. The second-order valence-electron chi connectivity index (χ2n) is 8.05. The van der Waals surface area contributed by atoms with Gasteiger partial charge in [-0.05, 0) is 49.9 Å². The van der Waals surface area contributed by atoms with Crippen molar-refractivity contribution in [2.75, 3.05) is 6.54 Å². The van der Waals surface area contributed by atoms with Gasteiger partial charge in [0.1, 0.15) is 18.2 Å². The van der Waals surface area contributed by atoms with Gasteiger partial charge in [0.15, 0.2) is 11.8 Å². The lowest BCUT2D eigenvalue weighted by atomic mass is 9.96. The molecule has 31 heavy (non-hydrogen) atoms. The zero-order valence-electron chi connectivity index (χ0n) is 18.1. The number of hydrogen-bond donors (Lipinski definition) is 3. The third-order valence-corrected chi connectivity index (χ3v) is 5.92. The maximum Gasteiger partial charge on any atom is 0.191 e. The number of fused-ring (bicyclic) bond motifs is 1. The molecule has 1 saturated carbocycles. The summed E-state index contributed by atoms with van der Waals surface area (Å²) in [5.41, 5.74) is 2.00. The van der Waals surface area contributed by atoms with Gasteiger partial charge in [0, 0.05) is 36.7 Å². The summed E-state index contributed by atoms with van der Waals surface area (Å²) in [6.07, 6.45) is 8.98. The minimum absolute atomic E-state index is 0. The number of H-pyrrole nitrogens is 1. The average molecular weight is 539 g/mol. The van der Waals surface area contributed by atoms with E-state index in [0.29, 0.717) is 12.6 Å². The van der Waals surface area contributed by atoms with Crippen LogP contribution in [0.25, 0.3) is 10.9 Å². The predicted octanol–water partition coefficient (Wildman–Crippen LogP) is 3.97. The third kappa shape index (κ3) is 5.96. The molecule has 7 nitrogen and oxygen atoms in total. The minimum atomic E-state index is -0.223. The van der Waals surface area contributed by atoms with Crippen LogP contribution >= 0.6 is 24.0 Å². The van der Waals surface area contributed by atoms with Crippen LogP contribution in [0.1, 0.15) is 49.3 Å². The highest BCUT2D eigenvalue weighted by atomic mass is 127. The Labute approximate surface area is 199 Å². The zero-order chi connectivity index (χ0) is 20.9. The molecule has 1 aliphatic carbocycles. The first-order chi connectivity index (χ1) is 14.6. The normalized spacial score (nSPS) is 15.1. The number of rotatable bonds is 6. The summed E-state index contributed by atoms with van der Waals surface area (Å²) in [5, 5.41) is 16.5. The van der Waals surface area contributed by atoms with E-state index < -0.39 is 0 Å². The number of aliphatic imine (C=N–C) groups is 1. The molecule has 0 amide bonds. The molecule has 0 atom stereocenters. The second-order valence-corrected chi connectivity index (χ2v) is 8.05. The Bertz CT molecular complexity index is 1020. The number of guanidine groups is 1. The highest BCUT2D eigenvalue weighted by molar-refractivity contribution is 14.0. The number of aryl methyl sites for hydroxylation is 1. The molecular formula is C22H31FIN7. The number of hydrogen-bond acceptors (Lipinski definition) is 3. The molecule has 0 bridgehead atoms. The van der Waals surface area contributed by atoms with E-state index in [0.717, 1.165) is 41.5 Å². The van der Waals surface area contributed by atoms with Crippen LogP contribution in [0.5, 0.6) is 0 Å². The second kappa shape index (κ2) is 10.9. The van der Waals surface area contributed by atoms with Gasteiger partial charge in [-0.3, -0.25) is 0 Å². The maximum absolute atomic E-state index is 13.4. The van der Waals surface area contributed by atoms with E-state index in [1.54, 1.807) is 0 Å². The van der Waals surface area contributed by atoms with E-state index in [-0.39, 0.29) is 29.8 Å². The largest absolute Gasteiger partial charge is 0.361 e. The smallest absolute Gasteiger partial charge is 0.191 e. The van der Waals surface area contributed by atoms with E-state index in [1.807, 2.05) is 30.8 Å². The fourth-order valence-electron chi connectivity index (χ4n) is 4.01. The van der Waals surface area contributed by atoms with Gasteiger partial charge >= 0.3 is 0 Å². The number of aromatic nitrogens is 4. The van der Waals surface area contributed by atoms with E-state index >= 15 is 0 Å². The lowest BCUT2D eigenvalue weighted by molar-refractivity contribution is 0.410. The highest BCUT2D eigenvalue weighted by Gasteiger charge is 2.15. The van der Waals surface area contributed by atoms with Crippen LogP contribution in [0, 0.1) is 12.7 Å². The summed E-state index contributed by atoms with van der Waals surface area (Å²) in [5.74, 6) is 2.31. The van der Waals surface area contributed by atoms with Gasteiger partial charge in [-0.15, -0.1) is 34.2 Å². The average Bonchev–Trinajstić information content (AvgIpc) is 3.29. The summed E-state index contributed by atoms with van der Waals surface area (Å²) in [6.45, 7) is 3.15. The van der Waals surface area contributed by atoms with E-state index in [9.17, 15) is 4.39 Å². The Balaban J connectivity index is 0.00000272. The van der Waals surface area contributed by atoms with Crippen LogP contribution in [0.15, 0.2) is 29.4 Å². The lowest BCUT2D eigenvalue weighted by Crippen LogP contribution is -2.44. The molecule has 1 aromatic carbocycles. The first-order valence-electron chi connectivity index (χ1n) is 10.8. The monoisotopic (exact) mass is 539 g/mol. The molecule has 0 unspecified atom stereocenters. The molecule has 2 aromatic heterocycles. The molecule has 0 aliphatic heterocycles. The Morgan fingerprint density at radius 3 is 2.81 bits per heavy atom. The number of halogens is 2. The van der Waals surface area contributed by atoms with E-state index in [2.05, 4.69) is 25.8 Å². The topological polar surface area (TPSA) is 82.9 Å². The van der Waals surface area contributed by atoms with Crippen molar-refractivity contribution >= 4 is 40.8 Å². The Morgan fingerprint density at radius 2 is 2.06 bits per heavy atom. The molecule has 9 heteroatoms. The van der Waals surface area contributed by atoms with Crippen LogP contribution in [-0.4, -0.2) is 38.3 Å². The van der Waals surface area contributed by atoms with Crippen molar-refractivity contribution in [3.05, 3.63) is 47.4 Å². The molecule has 0 spiro atoms. The van der Waals surface area contributed by atoms with Crippen molar-refractivity contribution in [1.29, 1.82) is 0 Å². The number of benzene rings is 1. The molecule has 0 radical (unpaired) electrons. The lowest BCUT2D eigenvalue weighted by Gasteiger charge is -2.25. The Morgan fingerprint density at radius 1 is 1.26 bits per heavy atom. The highest BCUT2D eigenvalue weighted by Crippen LogP contribution is 2.20. The van der Waals surface area contributed by atoms with Gasteiger partial charge in [0.05, 0.1) is 0 Å². The van der Waals surface area contributed by atoms with E-state index in [1.165, 1.54) is 49.8 Å². The predicted molar refractivity (Wildman–Crippen MR) is 132 cm³/mol. The van der Waals surface area contributed by atoms with Crippen molar-refractivity contribution in [2.24, 2.45) is 12.0 Å². The molecule has 1 fully saturated rings. The first-order valence-corrected chi connectivity index (χ1v) is 10.8. The number of nitrogens with one attached hydrogen (secondary N) is 3. The zero-order valence-corrected chi connectivity index (χ0v) is 20.4. The van der Waals surface area contributed by atoms with Crippen LogP contribution in [0.3, 0.4) is 0 Å². The van der Waals surface area contributed by atoms with Crippen molar-refractivity contribution in [1.82, 2.24) is 30.4 Å². The third-order valence-electron chi connectivity index (χ3n) is 5.92. The quantitative estimate of drug-likeness (QED) is 0.252. The van der Waals surface area contributed by atoms with Gasteiger partial charge < -0.3 is 20.2 Å². The fraction of sp³-hybridized carbons (Fsp3) is 0.500. The SMILES string of the molecule is Cc1nnc(CN=C(NCCc2c[nH]c3cc(F)ccc23)NC2CCCCC2)n1C.I. The van der Waals surface area contributed by atoms with Gasteiger partial charge in [-0.25, -0.2) is 9.38 Å². The molecule has 3 aromatic rings. The molecule has 4 rings (SSSR count). The van der Waals surface area contributed by atoms with Crippen LogP contribution < -0.4 is 10.6 Å². The van der Waals surface area contributed by atoms with Crippen LogP contribution in [0.2, 0.25) is 0 Å². The molecule has 1 aliphatic rings. The van der Waals surface area contributed by atoms with E-state index in [4.69, 9.17) is 4.99 Å². The van der Waals surface area contributed by atoms with Gasteiger partial charge in [0.2, 0.25) is 0 Å². The van der Waals surface area contributed by atoms with Crippen molar-refractivity contribution < 1.29 is 4.39 Å². The van der Waals surface area contributed by atoms with Gasteiger partial charge in [0.25, 0.3) is 0 Å². The van der Waals surface area contributed by atoms with Crippen molar-refractivity contribution in [2.45, 2.75) is 58.0 Å². The van der Waals surface area contributed by atoms with Gasteiger partial charge in [-0.1, -0.05) is 19.3 Å². The molecule has 168 valence electrons. The van der Waals surface area contributed by atoms with Crippen LogP contribution in [-0.2, 0) is 20.0 Å². The molecule has 0 saturated heterocycles. The van der Waals surface area contributed by atoms with Crippen molar-refractivity contribution in [3.8, 4) is 0 Å². The number of aromatic amines is 1. The molecule has 3 N–H and O–H groups in total. The minimum Gasteiger partial charge on any atom is -0.361 e. The Kier molecular flexibility index (Phi) is 8.28. The summed E-state index contributed by atoms with van der Waals surface area (Å²) in [6, 6.07) is 5.34. The number of nitrogens with zero attached hydrogens (tertiary/aromatic N) is 4. The fourth-order valence-corrected chi connectivity index (χ4v) is 4.01. The summed E-state index contributed by atoms with van der Waals surface area (Å²) >= 11 is 0. The van der Waals surface area contributed by atoms with Crippen molar-refractivity contribution in [3.63, 3.8) is 0 Å². The maximum atomic E-state index is 13.4. The first kappa shape index (κ1) is 23.5. The summed E-state index contributed by atoms with van der Waals surface area (Å²) < 4.78 is 15.4. The Hall–Kier alpha value is -2.17. The van der Waals surface area contributed by atoms with Crippen LogP contribution in [0.4, 0.5) is 4.39 Å². The molecule has 2 heterocycles. The van der Waals surface area contributed by atoms with Gasteiger partial charge in [-0.2, -0.15) is 0 Å².